The molecule has 176 valence electrons. The molecule has 1 saturated carbocycles. The second-order valence-electron chi connectivity index (χ2n) is 8.68. The van der Waals surface area contributed by atoms with E-state index in [-0.39, 0.29) is 25.0 Å². The summed E-state index contributed by atoms with van der Waals surface area (Å²) < 4.78 is 5.43. The van der Waals surface area contributed by atoms with Gasteiger partial charge in [-0.05, 0) is 46.9 Å². The summed E-state index contributed by atoms with van der Waals surface area (Å²) in [5.74, 6) is 3.23. The van der Waals surface area contributed by atoms with Crippen molar-refractivity contribution in [1.29, 1.82) is 0 Å². The lowest BCUT2D eigenvalue weighted by Gasteiger charge is -2.28. The lowest BCUT2D eigenvalue weighted by atomic mass is 9.79. The zero-order valence-corrected chi connectivity index (χ0v) is 18.9. The van der Waals surface area contributed by atoms with Crippen LogP contribution in [0.5, 0.6) is 0 Å². The van der Waals surface area contributed by atoms with Gasteiger partial charge in [0.15, 0.2) is 0 Å². The molecular formula is C27H28N2O5. The van der Waals surface area contributed by atoms with Gasteiger partial charge in [0.2, 0.25) is 0 Å². The molecule has 0 saturated heterocycles. The van der Waals surface area contributed by atoms with Crippen LogP contribution in [0.4, 0.5) is 4.79 Å². The molecule has 0 radical (unpaired) electrons. The largest absolute Gasteiger partial charge is 0.481 e. The maximum Gasteiger partial charge on any atom is 0.407 e. The molecule has 3 N–H and O–H groups in total. The Morgan fingerprint density at radius 1 is 0.941 bits per heavy atom. The highest BCUT2D eigenvalue weighted by Gasteiger charge is 2.31. The first-order chi connectivity index (χ1) is 16.5. The van der Waals surface area contributed by atoms with Crippen molar-refractivity contribution in [3.63, 3.8) is 0 Å². The minimum Gasteiger partial charge on any atom is -0.481 e. The minimum absolute atomic E-state index is 0.0225. The van der Waals surface area contributed by atoms with Crippen molar-refractivity contribution in [2.45, 2.75) is 31.6 Å². The van der Waals surface area contributed by atoms with Gasteiger partial charge in [-0.25, -0.2) is 4.79 Å². The van der Waals surface area contributed by atoms with Crippen molar-refractivity contribution < 1.29 is 24.2 Å². The fraction of sp³-hybridized carbons (Fsp3) is 0.370. The van der Waals surface area contributed by atoms with Crippen molar-refractivity contribution >= 4 is 18.0 Å². The molecule has 0 bridgehead atoms. The van der Waals surface area contributed by atoms with Crippen LogP contribution in [-0.2, 0) is 14.3 Å². The zero-order valence-electron chi connectivity index (χ0n) is 18.9. The van der Waals surface area contributed by atoms with Crippen LogP contribution in [0.2, 0.25) is 0 Å². The van der Waals surface area contributed by atoms with E-state index in [0.717, 1.165) is 41.5 Å². The first-order valence-corrected chi connectivity index (χ1v) is 11.6. The van der Waals surface area contributed by atoms with Gasteiger partial charge in [-0.3, -0.25) is 9.59 Å². The number of carboxylic acids is 1. The van der Waals surface area contributed by atoms with Crippen molar-refractivity contribution in [2.24, 2.45) is 11.8 Å². The molecule has 0 aliphatic heterocycles. The summed E-state index contributed by atoms with van der Waals surface area (Å²) in [7, 11) is 0. The van der Waals surface area contributed by atoms with Crippen LogP contribution in [0.15, 0.2) is 48.5 Å². The maximum absolute atomic E-state index is 12.1. The molecule has 0 aromatic heterocycles. The molecule has 0 spiro atoms. The van der Waals surface area contributed by atoms with Gasteiger partial charge in [0.05, 0.1) is 12.5 Å². The van der Waals surface area contributed by atoms with Crippen molar-refractivity contribution in [3.8, 4) is 23.0 Å². The van der Waals surface area contributed by atoms with E-state index in [9.17, 15) is 19.5 Å². The van der Waals surface area contributed by atoms with Crippen LogP contribution < -0.4 is 10.6 Å². The van der Waals surface area contributed by atoms with E-state index in [4.69, 9.17) is 4.74 Å². The van der Waals surface area contributed by atoms with Crippen LogP contribution in [0.1, 0.15) is 42.7 Å². The second kappa shape index (κ2) is 10.9. The van der Waals surface area contributed by atoms with Gasteiger partial charge in [0, 0.05) is 12.5 Å². The summed E-state index contributed by atoms with van der Waals surface area (Å²) in [5.41, 5.74) is 4.59. The standard InChI is InChI=1S/C27H28N2O5/c30-25(29-16-18-8-1-2-9-19(18)26(31)32)14-7-15-28-27(33)34-17-24-22-12-5-3-10-20(22)21-11-4-6-13-23(21)24/h3-6,10-13,18-19,24H,1-2,8-9,15-17H2,(H,28,33)(H,29,30)(H,31,32)/t18-,19-/m1/s1. The van der Waals surface area contributed by atoms with Crippen LogP contribution in [0.3, 0.4) is 0 Å². The van der Waals surface area contributed by atoms with Gasteiger partial charge in [0.25, 0.3) is 5.91 Å². The Morgan fingerprint density at radius 2 is 1.59 bits per heavy atom. The van der Waals surface area contributed by atoms with Crippen molar-refractivity contribution in [1.82, 2.24) is 10.6 Å². The van der Waals surface area contributed by atoms with Crippen LogP contribution >= 0.6 is 0 Å². The maximum atomic E-state index is 12.1. The number of carbonyl (C=O) groups excluding carboxylic acids is 2. The normalized spacial score (nSPS) is 18.6. The number of amides is 2. The average molecular weight is 461 g/mol. The van der Waals surface area contributed by atoms with E-state index < -0.39 is 23.9 Å². The Morgan fingerprint density at radius 3 is 2.26 bits per heavy atom. The fourth-order valence-corrected chi connectivity index (χ4v) is 4.94. The van der Waals surface area contributed by atoms with Crippen LogP contribution in [0.25, 0.3) is 11.1 Å². The van der Waals surface area contributed by atoms with Gasteiger partial charge in [-0.2, -0.15) is 0 Å². The molecular weight excluding hydrogens is 432 g/mol. The second-order valence-corrected chi connectivity index (χ2v) is 8.68. The Bertz CT molecular complexity index is 1090. The number of fused-ring (bicyclic) bond motifs is 3. The van der Waals surface area contributed by atoms with Gasteiger partial charge >= 0.3 is 12.1 Å². The molecule has 7 nitrogen and oxygen atoms in total. The molecule has 4 rings (SSSR count). The highest BCUT2D eigenvalue weighted by Crippen LogP contribution is 2.44. The molecule has 2 atom stereocenters. The molecule has 7 heteroatoms. The number of aliphatic carboxylic acids is 1. The molecule has 2 aromatic rings. The third-order valence-electron chi connectivity index (χ3n) is 6.62. The van der Waals surface area contributed by atoms with E-state index in [1.165, 1.54) is 0 Å². The SMILES string of the molecule is O=C(C#CCNC(=O)OCC1c2ccccc2-c2ccccc21)NC[C@H]1CCCC[C@H]1C(=O)O. The molecule has 2 aliphatic rings. The smallest absolute Gasteiger partial charge is 0.407 e. The van der Waals surface area contributed by atoms with Crippen LogP contribution in [0, 0.1) is 23.7 Å². The number of ether oxygens (including phenoxy) is 1. The molecule has 0 unspecified atom stereocenters. The number of nitrogens with one attached hydrogen (secondary N) is 2. The molecule has 34 heavy (non-hydrogen) atoms. The fourth-order valence-electron chi connectivity index (χ4n) is 4.94. The van der Waals surface area contributed by atoms with E-state index >= 15 is 0 Å². The summed E-state index contributed by atoms with van der Waals surface area (Å²) in [6, 6.07) is 16.2. The van der Waals surface area contributed by atoms with Crippen molar-refractivity contribution in [3.05, 3.63) is 59.7 Å². The number of hydrogen-bond acceptors (Lipinski definition) is 4. The number of carboxylic acid groups (broad SMARTS) is 1. The monoisotopic (exact) mass is 460 g/mol. The quantitative estimate of drug-likeness (QED) is 0.572. The molecule has 2 aromatic carbocycles. The number of rotatable bonds is 6. The topological polar surface area (TPSA) is 105 Å². The third kappa shape index (κ3) is 5.40. The predicted octanol–water partition coefficient (Wildman–Crippen LogP) is 3.54. The third-order valence-corrected chi connectivity index (χ3v) is 6.62. The Balaban J connectivity index is 1.21. The minimum atomic E-state index is -0.808. The Kier molecular flexibility index (Phi) is 7.48. The summed E-state index contributed by atoms with van der Waals surface area (Å²) in [5, 5.41) is 14.5. The summed E-state index contributed by atoms with van der Waals surface area (Å²) in [4.78, 5) is 35.5. The summed E-state index contributed by atoms with van der Waals surface area (Å²) in [6.45, 7) is 0.482. The predicted molar refractivity (Wildman–Crippen MR) is 127 cm³/mol. The highest BCUT2D eigenvalue weighted by molar-refractivity contribution is 5.93. The number of carbonyl (C=O) groups is 3. The number of benzene rings is 2. The molecule has 2 aliphatic carbocycles. The first-order valence-electron chi connectivity index (χ1n) is 11.6. The van der Waals surface area contributed by atoms with Gasteiger partial charge in [-0.1, -0.05) is 67.3 Å². The number of hydrogen-bond donors (Lipinski definition) is 3. The lowest BCUT2D eigenvalue weighted by Crippen LogP contribution is -2.36. The van der Waals surface area contributed by atoms with Crippen LogP contribution in [-0.4, -0.2) is 42.8 Å². The Hall–Kier alpha value is -3.79. The number of alkyl carbamates (subject to hydrolysis) is 1. The van der Waals surface area contributed by atoms with E-state index in [1.807, 2.05) is 24.3 Å². The van der Waals surface area contributed by atoms with Gasteiger partial charge in [0.1, 0.15) is 6.61 Å². The summed E-state index contributed by atoms with van der Waals surface area (Å²) in [6.07, 6.45) is 2.71. The highest BCUT2D eigenvalue weighted by atomic mass is 16.5. The average Bonchev–Trinajstić information content (AvgIpc) is 3.18. The van der Waals surface area contributed by atoms with E-state index in [1.54, 1.807) is 0 Å². The molecule has 2 amide bonds. The Labute approximate surface area is 198 Å². The zero-order chi connectivity index (χ0) is 23.9. The van der Waals surface area contributed by atoms with E-state index in [0.29, 0.717) is 13.0 Å². The van der Waals surface area contributed by atoms with Gasteiger partial charge in [-0.15, -0.1) is 0 Å². The lowest BCUT2D eigenvalue weighted by molar-refractivity contribution is -0.145. The summed E-state index contributed by atoms with van der Waals surface area (Å²) >= 11 is 0. The molecule has 1 fully saturated rings. The first kappa shape index (κ1) is 23.4. The van der Waals surface area contributed by atoms with Crippen molar-refractivity contribution in [2.75, 3.05) is 19.7 Å². The molecule has 0 heterocycles. The van der Waals surface area contributed by atoms with Gasteiger partial charge < -0.3 is 20.5 Å². The van der Waals surface area contributed by atoms with E-state index in [2.05, 4.69) is 46.7 Å².